The molecule has 1 aliphatic heterocycles. The van der Waals surface area contributed by atoms with E-state index in [-0.39, 0.29) is 30.7 Å². The summed E-state index contributed by atoms with van der Waals surface area (Å²) in [5, 5.41) is 9.58. The number of aromatic nitrogens is 2. The number of benzene rings is 2. The molecular weight excluding hydrogens is 565 g/mol. The summed E-state index contributed by atoms with van der Waals surface area (Å²) in [5.74, 6) is 7.16. The first kappa shape index (κ1) is 31.5. The van der Waals surface area contributed by atoms with E-state index in [9.17, 15) is 4.79 Å². The molecule has 0 radical (unpaired) electrons. The fourth-order valence-electron chi connectivity index (χ4n) is 5.24. The normalized spacial score (nSPS) is 15.7. The van der Waals surface area contributed by atoms with Crippen molar-refractivity contribution in [2.45, 2.75) is 45.2 Å². The van der Waals surface area contributed by atoms with Crippen molar-refractivity contribution >= 4 is 42.3 Å². The number of imidazole rings is 1. The van der Waals surface area contributed by atoms with Crippen LogP contribution in [0.25, 0.3) is 0 Å². The third-order valence-electron chi connectivity index (χ3n) is 7.51. The van der Waals surface area contributed by atoms with Gasteiger partial charge in [-0.2, -0.15) is 5.26 Å². The summed E-state index contributed by atoms with van der Waals surface area (Å²) < 4.78 is 2.14. The lowest BCUT2D eigenvalue weighted by molar-refractivity contribution is 0.0625. The predicted molar refractivity (Wildman–Crippen MR) is 163 cm³/mol. The number of carbonyl (C=O) groups excluding carboxylic acids is 1. The first-order valence-corrected chi connectivity index (χ1v) is 13.8. The van der Waals surface area contributed by atoms with Crippen LogP contribution in [0.15, 0.2) is 55.0 Å². The van der Waals surface area contributed by atoms with Crippen LogP contribution in [-0.4, -0.2) is 51.4 Å². The third-order valence-corrected chi connectivity index (χ3v) is 7.74. The minimum Gasteiger partial charge on any atom is -0.336 e. The Balaban J connectivity index is 0.00000220. The van der Waals surface area contributed by atoms with Gasteiger partial charge in [0.2, 0.25) is 0 Å². The van der Waals surface area contributed by atoms with Crippen molar-refractivity contribution < 1.29 is 4.79 Å². The van der Waals surface area contributed by atoms with E-state index >= 15 is 0 Å². The zero-order valence-corrected chi connectivity index (χ0v) is 24.8. The third kappa shape index (κ3) is 8.03. The molecule has 5 rings (SSSR count). The summed E-state index contributed by atoms with van der Waals surface area (Å²) in [6.07, 6.45) is 9.84. The van der Waals surface area contributed by atoms with Crippen LogP contribution in [0, 0.1) is 29.1 Å². The minimum absolute atomic E-state index is 0. The Morgan fingerprint density at radius 3 is 2.40 bits per heavy atom. The number of hydrogen-bond acceptors (Lipinski definition) is 4. The van der Waals surface area contributed by atoms with Crippen LogP contribution in [0.1, 0.15) is 64.8 Å². The van der Waals surface area contributed by atoms with Gasteiger partial charge in [-0.3, -0.25) is 9.69 Å². The molecule has 1 aromatic heterocycles. The first-order valence-electron chi connectivity index (χ1n) is 13.4. The van der Waals surface area contributed by atoms with Gasteiger partial charge < -0.3 is 9.47 Å². The summed E-state index contributed by atoms with van der Waals surface area (Å²) >= 11 is 6.29. The number of halogens is 3. The van der Waals surface area contributed by atoms with Crippen molar-refractivity contribution in [1.82, 2.24) is 19.4 Å². The average molecular weight is 599 g/mol. The van der Waals surface area contributed by atoms with Crippen molar-refractivity contribution in [3.63, 3.8) is 0 Å². The fraction of sp³-hybridized carbons (Fsp3) is 0.387. The molecule has 0 unspecified atom stereocenters. The number of rotatable bonds is 5. The number of piperazine rings is 1. The lowest BCUT2D eigenvalue weighted by atomic mass is 9.89. The maximum absolute atomic E-state index is 13.5. The highest BCUT2D eigenvalue weighted by Gasteiger charge is 2.24. The van der Waals surface area contributed by atoms with Gasteiger partial charge in [-0.05, 0) is 48.7 Å². The second-order valence-electron chi connectivity index (χ2n) is 10.2. The molecule has 9 heteroatoms. The number of hydrogen-bond donors (Lipinski definition) is 0. The summed E-state index contributed by atoms with van der Waals surface area (Å²) in [7, 11) is 0. The fourth-order valence-corrected chi connectivity index (χ4v) is 5.41. The van der Waals surface area contributed by atoms with Crippen molar-refractivity contribution in [2.75, 3.05) is 26.2 Å². The van der Waals surface area contributed by atoms with Crippen LogP contribution in [0.3, 0.4) is 0 Å². The van der Waals surface area contributed by atoms with Crippen LogP contribution in [0.4, 0.5) is 0 Å². The standard InChI is InChI=1S/C31H32ClN5O.2ClH/c32-28-13-12-27(11-10-24-4-2-1-3-5-24)30(18-28)31(38)36-16-14-35(15-17-36)22-29-20-34-23-37(29)21-26-8-6-25(19-33)7-9-26;;/h6-9,12-13,18,20,23-24H,1-5,14-17,21-22H2;2*1H. The van der Waals surface area contributed by atoms with E-state index in [1.54, 1.807) is 6.07 Å². The Morgan fingerprint density at radius 2 is 1.70 bits per heavy atom. The Bertz CT molecular complexity index is 1370. The Kier molecular flexibility index (Phi) is 11.9. The first-order chi connectivity index (χ1) is 18.6. The number of nitriles is 1. The second kappa shape index (κ2) is 15.1. The van der Waals surface area contributed by atoms with Crippen molar-refractivity contribution in [3.05, 3.63) is 88.0 Å². The lowest BCUT2D eigenvalue weighted by Gasteiger charge is -2.35. The van der Waals surface area contributed by atoms with Gasteiger partial charge in [0, 0.05) is 62.0 Å². The van der Waals surface area contributed by atoms with Gasteiger partial charge in [-0.15, -0.1) is 24.8 Å². The molecule has 3 aromatic rings. The van der Waals surface area contributed by atoms with E-state index in [1.807, 2.05) is 53.8 Å². The molecule has 40 heavy (non-hydrogen) atoms. The monoisotopic (exact) mass is 597 g/mol. The molecule has 2 heterocycles. The summed E-state index contributed by atoms with van der Waals surface area (Å²) in [5.41, 5.74) is 4.30. The second-order valence-corrected chi connectivity index (χ2v) is 10.6. The van der Waals surface area contributed by atoms with E-state index in [2.05, 4.69) is 32.4 Å². The van der Waals surface area contributed by atoms with E-state index < -0.39 is 0 Å². The van der Waals surface area contributed by atoms with Crippen LogP contribution in [0.5, 0.6) is 0 Å². The highest BCUT2D eigenvalue weighted by atomic mass is 35.5. The quantitative estimate of drug-likeness (QED) is 0.329. The molecule has 2 aromatic carbocycles. The van der Waals surface area contributed by atoms with Crippen LogP contribution in [0.2, 0.25) is 5.02 Å². The van der Waals surface area contributed by atoms with Crippen LogP contribution in [-0.2, 0) is 13.1 Å². The summed E-state index contributed by atoms with van der Waals surface area (Å²) in [6.45, 7) is 4.37. The topological polar surface area (TPSA) is 65.2 Å². The molecule has 2 aliphatic rings. The Hall–Kier alpha value is -3.00. The Morgan fingerprint density at radius 1 is 0.975 bits per heavy atom. The molecule has 210 valence electrons. The number of amides is 1. The maximum Gasteiger partial charge on any atom is 0.255 e. The molecule has 0 bridgehead atoms. The average Bonchev–Trinajstić information content (AvgIpc) is 3.39. The van der Waals surface area contributed by atoms with Gasteiger partial charge in [0.25, 0.3) is 5.91 Å². The van der Waals surface area contributed by atoms with Gasteiger partial charge in [0.1, 0.15) is 0 Å². The van der Waals surface area contributed by atoms with E-state index in [0.29, 0.717) is 41.7 Å². The molecule has 1 aliphatic carbocycles. The molecule has 2 fully saturated rings. The summed E-state index contributed by atoms with van der Waals surface area (Å²) in [6, 6.07) is 15.3. The van der Waals surface area contributed by atoms with Gasteiger partial charge >= 0.3 is 0 Å². The number of carbonyl (C=O) groups is 1. The maximum atomic E-state index is 13.5. The van der Waals surface area contributed by atoms with Gasteiger partial charge in [0.05, 0.1) is 29.2 Å². The molecule has 1 amide bonds. The molecule has 0 atom stereocenters. The SMILES string of the molecule is Cl.Cl.N#Cc1ccc(Cn2cncc2CN2CCN(C(=O)c3cc(Cl)ccc3C#CC3CCCCC3)CC2)cc1. The molecule has 0 spiro atoms. The smallest absolute Gasteiger partial charge is 0.255 e. The van der Waals surface area contributed by atoms with E-state index in [1.165, 1.54) is 19.3 Å². The largest absolute Gasteiger partial charge is 0.336 e. The van der Waals surface area contributed by atoms with E-state index in [0.717, 1.165) is 49.3 Å². The highest BCUT2D eigenvalue weighted by molar-refractivity contribution is 6.31. The van der Waals surface area contributed by atoms with Crippen molar-refractivity contribution in [3.8, 4) is 17.9 Å². The molecular formula is C31H34Cl3N5O. The van der Waals surface area contributed by atoms with Gasteiger partial charge in [-0.25, -0.2) is 4.98 Å². The van der Waals surface area contributed by atoms with Crippen LogP contribution >= 0.6 is 36.4 Å². The summed E-state index contributed by atoms with van der Waals surface area (Å²) in [4.78, 5) is 22.1. The zero-order valence-electron chi connectivity index (χ0n) is 22.4. The van der Waals surface area contributed by atoms with E-state index in [4.69, 9.17) is 16.9 Å². The Labute approximate surface area is 254 Å². The minimum atomic E-state index is 0. The van der Waals surface area contributed by atoms with Crippen molar-refractivity contribution in [1.29, 1.82) is 5.26 Å². The predicted octanol–water partition coefficient (Wildman–Crippen LogP) is 6.19. The zero-order chi connectivity index (χ0) is 26.3. The lowest BCUT2D eigenvalue weighted by Crippen LogP contribution is -2.48. The van der Waals surface area contributed by atoms with Gasteiger partial charge in [0.15, 0.2) is 0 Å². The number of nitrogens with zero attached hydrogens (tertiary/aromatic N) is 5. The molecule has 1 saturated carbocycles. The van der Waals surface area contributed by atoms with Crippen molar-refractivity contribution in [2.24, 2.45) is 5.92 Å². The highest BCUT2D eigenvalue weighted by Crippen LogP contribution is 2.24. The molecule has 6 nitrogen and oxygen atoms in total. The van der Waals surface area contributed by atoms with Gasteiger partial charge in [-0.1, -0.05) is 54.8 Å². The van der Waals surface area contributed by atoms with Crippen LogP contribution < -0.4 is 0 Å². The molecule has 0 N–H and O–H groups in total. The molecule has 1 saturated heterocycles.